The molecule has 1 heterocycles. The average Bonchev–Trinajstić information content (AvgIpc) is 2.72. The quantitative estimate of drug-likeness (QED) is 0.793. The molecule has 1 aromatic heterocycles. The van der Waals surface area contributed by atoms with Gasteiger partial charge in [-0.15, -0.1) is 0 Å². The molecular weight excluding hydrogens is 220 g/mol. The minimum absolute atomic E-state index is 0.739. The summed E-state index contributed by atoms with van der Waals surface area (Å²) in [6.45, 7) is 4.24. The Kier molecular flexibility index (Phi) is 3.30. The highest BCUT2D eigenvalue weighted by Crippen LogP contribution is 2.21. The van der Waals surface area contributed by atoms with Crippen molar-refractivity contribution in [1.29, 1.82) is 0 Å². The molecule has 0 fully saturated rings. The largest absolute Gasteiger partial charge is 0.236 e. The summed E-state index contributed by atoms with van der Waals surface area (Å²) in [5.74, 6) is 0. The van der Waals surface area contributed by atoms with Crippen molar-refractivity contribution in [2.45, 2.75) is 26.7 Å². The van der Waals surface area contributed by atoms with Gasteiger partial charge in [-0.2, -0.15) is 5.10 Å². The molecule has 2 rings (SSSR count). The van der Waals surface area contributed by atoms with E-state index in [9.17, 15) is 0 Å². The van der Waals surface area contributed by atoms with Gasteiger partial charge in [0, 0.05) is 5.69 Å². The molecule has 1 aromatic carbocycles. The van der Waals surface area contributed by atoms with Gasteiger partial charge in [0.05, 0.1) is 16.4 Å². The second-order valence-corrected chi connectivity index (χ2v) is 4.10. The molecule has 3 heteroatoms. The third-order valence-electron chi connectivity index (χ3n) is 2.64. The number of para-hydroxylation sites is 1. The zero-order valence-corrected chi connectivity index (χ0v) is 10.3. The average molecular weight is 235 g/mol. The standard InChI is InChI=1S/C13H15ClN2/c1-3-10-9-11(4-2)16(15-10)13-8-6-5-7-12(13)14/h5-9H,3-4H2,1-2H3. The molecule has 0 saturated heterocycles. The lowest BCUT2D eigenvalue weighted by Gasteiger charge is -2.07. The molecule has 2 aromatic rings. The molecule has 16 heavy (non-hydrogen) atoms. The Balaban J connectivity index is 2.54. The van der Waals surface area contributed by atoms with Crippen molar-refractivity contribution in [3.63, 3.8) is 0 Å². The van der Waals surface area contributed by atoms with Gasteiger partial charge < -0.3 is 0 Å². The summed E-state index contributed by atoms with van der Waals surface area (Å²) >= 11 is 6.18. The van der Waals surface area contributed by atoms with Crippen molar-refractivity contribution >= 4 is 11.6 Å². The first-order valence-electron chi connectivity index (χ1n) is 5.59. The van der Waals surface area contributed by atoms with Crippen molar-refractivity contribution in [3.05, 3.63) is 46.7 Å². The minimum Gasteiger partial charge on any atom is -0.236 e. The second-order valence-electron chi connectivity index (χ2n) is 3.70. The van der Waals surface area contributed by atoms with Crippen LogP contribution in [0, 0.1) is 0 Å². The van der Waals surface area contributed by atoms with Gasteiger partial charge in [-0.25, -0.2) is 4.68 Å². The van der Waals surface area contributed by atoms with E-state index in [0.717, 1.165) is 29.2 Å². The lowest BCUT2D eigenvalue weighted by Crippen LogP contribution is -2.02. The molecule has 0 radical (unpaired) electrons. The molecular formula is C13H15ClN2. The van der Waals surface area contributed by atoms with Gasteiger partial charge in [-0.05, 0) is 31.0 Å². The highest BCUT2D eigenvalue weighted by Gasteiger charge is 2.09. The van der Waals surface area contributed by atoms with Gasteiger partial charge in [0.25, 0.3) is 0 Å². The zero-order valence-electron chi connectivity index (χ0n) is 9.57. The maximum Gasteiger partial charge on any atom is 0.0835 e. The van der Waals surface area contributed by atoms with Crippen molar-refractivity contribution in [1.82, 2.24) is 9.78 Å². The van der Waals surface area contributed by atoms with E-state index in [4.69, 9.17) is 11.6 Å². The summed E-state index contributed by atoms with van der Waals surface area (Å²) in [6, 6.07) is 9.94. The third kappa shape index (κ3) is 1.98. The van der Waals surface area contributed by atoms with Crippen LogP contribution in [-0.4, -0.2) is 9.78 Å². The highest BCUT2D eigenvalue weighted by molar-refractivity contribution is 6.32. The summed E-state index contributed by atoms with van der Waals surface area (Å²) < 4.78 is 1.95. The Morgan fingerprint density at radius 1 is 1.19 bits per heavy atom. The number of nitrogens with zero attached hydrogens (tertiary/aromatic N) is 2. The highest BCUT2D eigenvalue weighted by atomic mass is 35.5. The van der Waals surface area contributed by atoms with Crippen LogP contribution in [0.4, 0.5) is 0 Å². The van der Waals surface area contributed by atoms with Crippen molar-refractivity contribution < 1.29 is 0 Å². The van der Waals surface area contributed by atoms with Gasteiger partial charge in [0.1, 0.15) is 0 Å². The fraction of sp³-hybridized carbons (Fsp3) is 0.308. The second kappa shape index (κ2) is 4.71. The third-order valence-corrected chi connectivity index (χ3v) is 2.96. The number of hydrogen-bond acceptors (Lipinski definition) is 1. The van der Waals surface area contributed by atoms with Crippen LogP contribution in [-0.2, 0) is 12.8 Å². The van der Waals surface area contributed by atoms with Crippen LogP contribution < -0.4 is 0 Å². The van der Waals surface area contributed by atoms with Crippen molar-refractivity contribution in [2.24, 2.45) is 0 Å². The monoisotopic (exact) mass is 234 g/mol. The summed E-state index contributed by atoms with van der Waals surface area (Å²) in [6.07, 6.45) is 1.91. The molecule has 2 nitrogen and oxygen atoms in total. The number of aromatic nitrogens is 2. The van der Waals surface area contributed by atoms with E-state index in [-0.39, 0.29) is 0 Å². The van der Waals surface area contributed by atoms with Gasteiger partial charge in [0.15, 0.2) is 0 Å². The summed E-state index contributed by atoms with van der Waals surface area (Å²) in [5, 5.41) is 5.30. The van der Waals surface area contributed by atoms with Crippen LogP contribution >= 0.6 is 11.6 Å². The van der Waals surface area contributed by atoms with Gasteiger partial charge >= 0.3 is 0 Å². The smallest absolute Gasteiger partial charge is 0.0835 e. The maximum absolute atomic E-state index is 6.18. The van der Waals surface area contributed by atoms with Crippen LogP contribution in [0.3, 0.4) is 0 Å². The van der Waals surface area contributed by atoms with Crippen LogP contribution in [0.15, 0.2) is 30.3 Å². The summed E-state index contributed by atoms with van der Waals surface area (Å²) in [5.41, 5.74) is 3.27. The molecule has 0 spiro atoms. The number of halogens is 1. The Labute approximate surface area is 101 Å². The van der Waals surface area contributed by atoms with Crippen LogP contribution in [0.25, 0.3) is 5.69 Å². The maximum atomic E-state index is 6.18. The van der Waals surface area contributed by atoms with E-state index in [1.165, 1.54) is 5.69 Å². The van der Waals surface area contributed by atoms with Crippen molar-refractivity contribution in [2.75, 3.05) is 0 Å². The first kappa shape index (κ1) is 11.2. The Hall–Kier alpha value is -1.28. The van der Waals surface area contributed by atoms with E-state index >= 15 is 0 Å². The number of rotatable bonds is 3. The number of hydrogen-bond donors (Lipinski definition) is 0. The number of benzene rings is 1. The Morgan fingerprint density at radius 3 is 2.56 bits per heavy atom. The van der Waals surface area contributed by atoms with E-state index in [1.807, 2.05) is 28.9 Å². The molecule has 0 unspecified atom stereocenters. The molecule has 0 atom stereocenters. The van der Waals surface area contributed by atoms with Crippen LogP contribution in [0.5, 0.6) is 0 Å². The Bertz CT molecular complexity index is 488. The van der Waals surface area contributed by atoms with Crippen LogP contribution in [0.1, 0.15) is 25.2 Å². The summed E-state index contributed by atoms with van der Waals surface area (Å²) in [4.78, 5) is 0. The van der Waals surface area contributed by atoms with E-state index in [1.54, 1.807) is 0 Å². The number of aryl methyl sites for hydroxylation is 2. The fourth-order valence-corrected chi connectivity index (χ4v) is 1.95. The Morgan fingerprint density at radius 2 is 1.94 bits per heavy atom. The topological polar surface area (TPSA) is 17.8 Å². The molecule has 0 aliphatic rings. The van der Waals surface area contributed by atoms with Gasteiger partial charge in [-0.1, -0.05) is 37.6 Å². The first-order valence-corrected chi connectivity index (χ1v) is 5.96. The first-order chi connectivity index (χ1) is 7.76. The van der Waals surface area contributed by atoms with E-state index in [0.29, 0.717) is 0 Å². The zero-order chi connectivity index (χ0) is 11.5. The molecule has 0 amide bonds. The summed E-state index contributed by atoms with van der Waals surface area (Å²) in [7, 11) is 0. The molecule has 0 saturated carbocycles. The van der Waals surface area contributed by atoms with E-state index < -0.39 is 0 Å². The van der Waals surface area contributed by atoms with Gasteiger partial charge in [-0.3, -0.25) is 0 Å². The normalized spacial score (nSPS) is 10.7. The molecule has 0 bridgehead atoms. The lowest BCUT2D eigenvalue weighted by atomic mass is 10.2. The molecule has 0 aliphatic carbocycles. The lowest BCUT2D eigenvalue weighted by molar-refractivity contribution is 0.794. The van der Waals surface area contributed by atoms with E-state index in [2.05, 4.69) is 25.0 Å². The SMILES string of the molecule is CCc1cc(CC)n(-c2ccccc2Cl)n1. The van der Waals surface area contributed by atoms with Gasteiger partial charge in [0.2, 0.25) is 0 Å². The minimum atomic E-state index is 0.739. The molecule has 0 N–H and O–H groups in total. The fourth-order valence-electron chi connectivity index (χ4n) is 1.73. The van der Waals surface area contributed by atoms with Crippen LogP contribution in [0.2, 0.25) is 5.02 Å². The van der Waals surface area contributed by atoms with Crippen molar-refractivity contribution in [3.8, 4) is 5.69 Å². The predicted octanol–water partition coefficient (Wildman–Crippen LogP) is 3.65. The molecule has 84 valence electrons. The molecule has 0 aliphatic heterocycles. The predicted molar refractivity (Wildman–Crippen MR) is 67.3 cm³/mol.